The standard InChI is InChI=1S/C16H23FN2O2/c1-18(2)14-5-4-10-19(11-14)15(16(20)21-3)12-6-8-13(17)9-7-12/h6-9,14-15H,4-5,10-11H2,1-3H3. The van der Waals surface area contributed by atoms with Gasteiger partial charge in [-0.05, 0) is 51.2 Å². The summed E-state index contributed by atoms with van der Waals surface area (Å²) in [5, 5.41) is 0. The van der Waals surface area contributed by atoms with Crippen LogP contribution in [0, 0.1) is 5.82 Å². The van der Waals surface area contributed by atoms with Gasteiger partial charge in [0.05, 0.1) is 7.11 Å². The maximum absolute atomic E-state index is 13.1. The predicted molar refractivity (Wildman–Crippen MR) is 79.4 cm³/mol. The zero-order chi connectivity index (χ0) is 15.4. The first-order valence-electron chi connectivity index (χ1n) is 7.26. The van der Waals surface area contributed by atoms with Crippen LogP contribution in [0.5, 0.6) is 0 Å². The molecule has 1 aromatic rings. The summed E-state index contributed by atoms with van der Waals surface area (Å²) in [6.07, 6.45) is 2.17. The molecule has 0 aromatic heterocycles. The average Bonchev–Trinajstić information content (AvgIpc) is 2.49. The van der Waals surface area contributed by atoms with E-state index in [1.54, 1.807) is 12.1 Å². The number of likely N-dealkylation sites (N-methyl/N-ethyl adjacent to an activating group) is 1. The third kappa shape index (κ3) is 3.80. The van der Waals surface area contributed by atoms with Crippen molar-refractivity contribution in [3.8, 4) is 0 Å². The van der Waals surface area contributed by atoms with Crippen LogP contribution < -0.4 is 0 Å². The highest BCUT2D eigenvalue weighted by Gasteiger charge is 2.33. The molecule has 0 spiro atoms. The summed E-state index contributed by atoms with van der Waals surface area (Å²) in [7, 11) is 5.50. The first-order chi connectivity index (χ1) is 10.0. The lowest BCUT2D eigenvalue weighted by molar-refractivity contribution is -0.148. The van der Waals surface area contributed by atoms with Crippen molar-refractivity contribution in [2.75, 3.05) is 34.3 Å². The Balaban J connectivity index is 2.23. The van der Waals surface area contributed by atoms with Crippen molar-refractivity contribution in [2.45, 2.75) is 24.9 Å². The summed E-state index contributed by atoms with van der Waals surface area (Å²) in [4.78, 5) is 16.5. The molecule has 1 aromatic carbocycles. The van der Waals surface area contributed by atoms with E-state index in [4.69, 9.17) is 4.74 Å². The van der Waals surface area contributed by atoms with E-state index in [1.807, 2.05) is 0 Å². The number of carbonyl (C=O) groups excluding carboxylic acids is 1. The highest BCUT2D eigenvalue weighted by molar-refractivity contribution is 5.77. The van der Waals surface area contributed by atoms with Crippen molar-refractivity contribution >= 4 is 5.97 Å². The third-order valence-corrected chi connectivity index (χ3v) is 4.13. The zero-order valence-corrected chi connectivity index (χ0v) is 12.9. The van der Waals surface area contributed by atoms with E-state index in [2.05, 4.69) is 23.9 Å². The van der Waals surface area contributed by atoms with Gasteiger partial charge in [-0.15, -0.1) is 0 Å². The highest BCUT2D eigenvalue weighted by atomic mass is 19.1. The van der Waals surface area contributed by atoms with Gasteiger partial charge in [0.1, 0.15) is 11.9 Å². The lowest BCUT2D eigenvalue weighted by Crippen LogP contribution is -2.48. The Hall–Kier alpha value is -1.46. The van der Waals surface area contributed by atoms with Crippen LogP contribution in [0.15, 0.2) is 24.3 Å². The number of nitrogens with zero attached hydrogens (tertiary/aromatic N) is 2. The van der Waals surface area contributed by atoms with Gasteiger partial charge in [-0.2, -0.15) is 0 Å². The quantitative estimate of drug-likeness (QED) is 0.796. The van der Waals surface area contributed by atoms with Gasteiger partial charge >= 0.3 is 5.97 Å². The highest BCUT2D eigenvalue weighted by Crippen LogP contribution is 2.27. The minimum Gasteiger partial charge on any atom is -0.468 e. The second-order valence-corrected chi connectivity index (χ2v) is 5.73. The van der Waals surface area contributed by atoms with E-state index in [-0.39, 0.29) is 11.8 Å². The molecular formula is C16H23FN2O2. The topological polar surface area (TPSA) is 32.8 Å². The largest absolute Gasteiger partial charge is 0.468 e. The maximum Gasteiger partial charge on any atom is 0.327 e. The van der Waals surface area contributed by atoms with Crippen LogP contribution >= 0.6 is 0 Å². The summed E-state index contributed by atoms with van der Waals surface area (Å²) in [6.45, 7) is 1.66. The zero-order valence-electron chi connectivity index (χ0n) is 12.9. The van der Waals surface area contributed by atoms with Gasteiger partial charge < -0.3 is 9.64 Å². The van der Waals surface area contributed by atoms with Crippen molar-refractivity contribution in [2.24, 2.45) is 0 Å². The number of esters is 1. The maximum atomic E-state index is 13.1. The first kappa shape index (κ1) is 15.9. The molecule has 0 saturated carbocycles. The molecule has 1 aliphatic rings. The Morgan fingerprint density at radius 1 is 1.38 bits per heavy atom. The van der Waals surface area contributed by atoms with Gasteiger partial charge in [-0.1, -0.05) is 12.1 Å². The lowest BCUT2D eigenvalue weighted by atomic mass is 9.99. The van der Waals surface area contributed by atoms with Gasteiger partial charge in [0.25, 0.3) is 0 Å². The molecule has 0 aliphatic carbocycles. The molecule has 1 aliphatic heterocycles. The van der Waals surface area contributed by atoms with Gasteiger partial charge in [-0.25, -0.2) is 9.18 Å². The molecule has 5 heteroatoms. The molecule has 2 rings (SSSR count). The summed E-state index contributed by atoms with van der Waals surface area (Å²) < 4.78 is 18.1. The van der Waals surface area contributed by atoms with Gasteiger partial charge in [0.2, 0.25) is 0 Å². The number of hydrogen-bond donors (Lipinski definition) is 0. The number of ether oxygens (including phenoxy) is 1. The summed E-state index contributed by atoms with van der Waals surface area (Å²) in [5.41, 5.74) is 0.780. The van der Waals surface area contributed by atoms with E-state index in [0.717, 1.165) is 31.5 Å². The Morgan fingerprint density at radius 2 is 2.05 bits per heavy atom. The van der Waals surface area contributed by atoms with E-state index >= 15 is 0 Å². The van der Waals surface area contributed by atoms with Gasteiger partial charge in [-0.3, -0.25) is 4.90 Å². The number of halogens is 1. The van der Waals surface area contributed by atoms with Crippen LogP contribution in [0.4, 0.5) is 4.39 Å². The molecule has 2 unspecified atom stereocenters. The van der Waals surface area contributed by atoms with Crippen molar-refractivity contribution in [3.63, 3.8) is 0 Å². The number of carbonyl (C=O) groups is 1. The fourth-order valence-electron chi connectivity index (χ4n) is 2.89. The number of likely N-dealkylation sites (tertiary alicyclic amines) is 1. The number of piperidine rings is 1. The fraction of sp³-hybridized carbons (Fsp3) is 0.562. The average molecular weight is 294 g/mol. The third-order valence-electron chi connectivity index (χ3n) is 4.13. The Kier molecular flexibility index (Phi) is 5.31. The molecule has 4 nitrogen and oxygen atoms in total. The lowest BCUT2D eigenvalue weighted by Gasteiger charge is -2.39. The SMILES string of the molecule is COC(=O)C(c1ccc(F)cc1)N1CCCC(N(C)C)C1. The first-order valence-corrected chi connectivity index (χ1v) is 7.26. The number of benzene rings is 1. The minimum absolute atomic E-state index is 0.291. The molecule has 0 N–H and O–H groups in total. The van der Waals surface area contributed by atoms with E-state index < -0.39 is 6.04 Å². The Bertz CT molecular complexity index is 476. The van der Waals surface area contributed by atoms with E-state index in [1.165, 1.54) is 19.2 Å². The van der Waals surface area contributed by atoms with Crippen LogP contribution in [-0.2, 0) is 9.53 Å². The summed E-state index contributed by atoms with van der Waals surface area (Å²) >= 11 is 0. The number of hydrogen-bond acceptors (Lipinski definition) is 4. The molecule has 0 bridgehead atoms. The molecule has 116 valence electrons. The number of methoxy groups -OCH3 is 1. The van der Waals surface area contributed by atoms with Crippen LogP contribution in [0.3, 0.4) is 0 Å². The Morgan fingerprint density at radius 3 is 2.62 bits per heavy atom. The monoisotopic (exact) mass is 294 g/mol. The Labute approximate surface area is 125 Å². The normalized spacial score (nSPS) is 21.3. The second-order valence-electron chi connectivity index (χ2n) is 5.73. The van der Waals surface area contributed by atoms with E-state index in [0.29, 0.717) is 6.04 Å². The van der Waals surface area contributed by atoms with Crippen LogP contribution in [-0.4, -0.2) is 56.1 Å². The second kappa shape index (κ2) is 7.00. The van der Waals surface area contributed by atoms with Crippen molar-refractivity contribution in [3.05, 3.63) is 35.6 Å². The van der Waals surface area contributed by atoms with E-state index in [9.17, 15) is 9.18 Å². The minimum atomic E-state index is -0.460. The predicted octanol–water partition coefficient (Wildman–Crippen LogP) is 2.07. The summed E-state index contributed by atoms with van der Waals surface area (Å²) in [5.74, 6) is -0.590. The molecular weight excluding hydrogens is 271 g/mol. The summed E-state index contributed by atoms with van der Waals surface area (Å²) in [6, 6.07) is 6.06. The molecule has 1 saturated heterocycles. The van der Waals surface area contributed by atoms with Crippen LogP contribution in [0.2, 0.25) is 0 Å². The molecule has 1 fully saturated rings. The molecule has 0 amide bonds. The van der Waals surface area contributed by atoms with Crippen molar-refractivity contribution < 1.29 is 13.9 Å². The molecule has 21 heavy (non-hydrogen) atoms. The fourth-order valence-corrected chi connectivity index (χ4v) is 2.89. The molecule has 2 atom stereocenters. The van der Waals surface area contributed by atoms with Crippen LogP contribution in [0.1, 0.15) is 24.4 Å². The van der Waals surface area contributed by atoms with Crippen molar-refractivity contribution in [1.29, 1.82) is 0 Å². The van der Waals surface area contributed by atoms with Gasteiger partial charge in [0, 0.05) is 12.6 Å². The molecule has 0 radical (unpaired) electrons. The smallest absolute Gasteiger partial charge is 0.327 e. The number of rotatable bonds is 4. The van der Waals surface area contributed by atoms with Gasteiger partial charge in [0.15, 0.2) is 0 Å². The molecule has 1 heterocycles. The van der Waals surface area contributed by atoms with Crippen LogP contribution in [0.25, 0.3) is 0 Å². The van der Waals surface area contributed by atoms with Crippen molar-refractivity contribution in [1.82, 2.24) is 9.80 Å².